The van der Waals surface area contributed by atoms with E-state index in [0.717, 1.165) is 42.2 Å². The average Bonchev–Trinajstić information content (AvgIpc) is 3.00. The standard InChI is InChI=1S/C19H23N3O/c1-3-22(4-2)19-16(9-7-11-21-19)13-20-14-17-12-15-8-5-6-10-18(15)23-17/h5-12,20H,3-4,13-14H2,1-2H3. The zero-order valence-electron chi connectivity index (χ0n) is 13.7. The zero-order valence-corrected chi connectivity index (χ0v) is 13.7. The highest BCUT2D eigenvalue weighted by atomic mass is 16.3. The molecule has 0 aliphatic heterocycles. The van der Waals surface area contributed by atoms with Crippen LogP contribution in [0.15, 0.2) is 53.1 Å². The molecule has 0 aliphatic carbocycles. The van der Waals surface area contributed by atoms with E-state index in [0.29, 0.717) is 6.54 Å². The van der Waals surface area contributed by atoms with Gasteiger partial charge in [0.2, 0.25) is 0 Å². The van der Waals surface area contributed by atoms with Crippen LogP contribution >= 0.6 is 0 Å². The molecule has 0 fully saturated rings. The van der Waals surface area contributed by atoms with Crippen LogP contribution in [-0.4, -0.2) is 18.1 Å². The molecule has 0 radical (unpaired) electrons. The van der Waals surface area contributed by atoms with Crippen molar-refractivity contribution in [3.8, 4) is 0 Å². The lowest BCUT2D eigenvalue weighted by molar-refractivity contribution is 0.513. The van der Waals surface area contributed by atoms with E-state index in [9.17, 15) is 0 Å². The quantitative estimate of drug-likeness (QED) is 0.717. The molecule has 2 aromatic heterocycles. The first-order valence-corrected chi connectivity index (χ1v) is 8.18. The molecule has 0 aliphatic rings. The molecule has 0 saturated carbocycles. The summed E-state index contributed by atoms with van der Waals surface area (Å²) >= 11 is 0. The number of para-hydroxylation sites is 1. The number of fused-ring (bicyclic) bond motifs is 1. The van der Waals surface area contributed by atoms with Gasteiger partial charge in [0.05, 0.1) is 6.54 Å². The number of rotatable bonds is 7. The number of pyridine rings is 1. The van der Waals surface area contributed by atoms with Crippen molar-refractivity contribution in [3.63, 3.8) is 0 Å². The summed E-state index contributed by atoms with van der Waals surface area (Å²) in [5.41, 5.74) is 2.15. The smallest absolute Gasteiger partial charge is 0.134 e. The monoisotopic (exact) mass is 309 g/mol. The molecule has 3 rings (SSSR count). The summed E-state index contributed by atoms with van der Waals surface area (Å²) in [5, 5.41) is 4.61. The summed E-state index contributed by atoms with van der Waals surface area (Å²) in [5.74, 6) is 2.02. The molecule has 0 unspecified atom stereocenters. The van der Waals surface area contributed by atoms with Gasteiger partial charge in [-0.05, 0) is 32.0 Å². The summed E-state index contributed by atoms with van der Waals surface area (Å²) < 4.78 is 5.84. The number of nitrogens with zero attached hydrogens (tertiary/aromatic N) is 2. The Bertz CT molecular complexity index is 729. The van der Waals surface area contributed by atoms with Gasteiger partial charge in [-0.2, -0.15) is 0 Å². The lowest BCUT2D eigenvalue weighted by atomic mass is 10.2. The van der Waals surface area contributed by atoms with Gasteiger partial charge in [0.25, 0.3) is 0 Å². The predicted octanol–water partition coefficient (Wildman–Crippen LogP) is 3.96. The van der Waals surface area contributed by atoms with Crippen LogP contribution < -0.4 is 10.2 Å². The summed E-state index contributed by atoms with van der Waals surface area (Å²) in [7, 11) is 0. The second kappa shape index (κ2) is 7.29. The van der Waals surface area contributed by atoms with Crippen LogP contribution in [0.1, 0.15) is 25.2 Å². The van der Waals surface area contributed by atoms with Crippen LogP contribution in [0.25, 0.3) is 11.0 Å². The Morgan fingerprint density at radius 3 is 2.65 bits per heavy atom. The zero-order chi connectivity index (χ0) is 16.1. The maximum absolute atomic E-state index is 5.84. The lowest BCUT2D eigenvalue weighted by Gasteiger charge is -2.22. The van der Waals surface area contributed by atoms with E-state index in [-0.39, 0.29) is 0 Å². The number of hydrogen-bond donors (Lipinski definition) is 1. The van der Waals surface area contributed by atoms with Crippen LogP contribution in [0.4, 0.5) is 5.82 Å². The molecule has 23 heavy (non-hydrogen) atoms. The van der Waals surface area contributed by atoms with E-state index >= 15 is 0 Å². The maximum Gasteiger partial charge on any atom is 0.134 e. The molecule has 4 heteroatoms. The van der Waals surface area contributed by atoms with Crippen LogP contribution in [0, 0.1) is 0 Å². The number of hydrogen-bond acceptors (Lipinski definition) is 4. The Hall–Kier alpha value is -2.33. The van der Waals surface area contributed by atoms with Gasteiger partial charge < -0.3 is 14.6 Å². The van der Waals surface area contributed by atoms with Crippen molar-refractivity contribution in [2.45, 2.75) is 26.9 Å². The molecule has 4 nitrogen and oxygen atoms in total. The van der Waals surface area contributed by atoms with E-state index in [1.54, 1.807) is 0 Å². The fourth-order valence-electron chi connectivity index (χ4n) is 2.82. The van der Waals surface area contributed by atoms with Crippen molar-refractivity contribution >= 4 is 16.8 Å². The molecule has 1 N–H and O–H groups in total. The molecule has 120 valence electrons. The number of nitrogens with one attached hydrogen (secondary N) is 1. The van der Waals surface area contributed by atoms with Gasteiger partial charge in [-0.15, -0.1) is 0 Å². The summed E-state index contributed by atoms with van der Waals surface area (Å²) in [6.07, 6.45) is 1.86. The molecule has 0 atom stereocenters. The van der Waals surface area contributed by atoms with Crippen molar-refractivity contribution in [2.24, 2.45) is 0 Å². The molecular weight excluding hydrogens is 286 g/mol. The van der Waals surface area contributed by atoms with Crippen molar-refractivity contribution in [1.82, 2.24) is 10.3 Å². The Morgan fingerprint density at radius 2 is 1.87 bits per heavy atom. The van der Waals surface area contributed by atoms with E-state index in [1.165, 1.54) is 5.56 Å². The van der Waals surface area contributed by atoms with E-state index in [4.69, 9.17) is 4.42 Å². The minimum absolute atomic E-state index is 0.710. The molecular formula is C19H23N3O. The van der Waals surface area contributed by atoms with Crippen molar-refractivity contribution in [3.05, 3.63) is 60.0 Å². The van der Waals surface area contributed by atoms with E-state index < -0.39 is 0 Å². The summed E-state index contributed by atoms with van der Waals surface area (Å²) in [6.45, 7) is 7.72. The number of furan rings is 1. The summed E-state index contributed by atoms with van der Waals surface area (Å²) in [4.78, 5) is 6.82. The van der Waals surface area contributed by atoms with Gasteiger partial charge in [0.1, 0.15) is 17.2 Å². The Labute approximate surface area is 137 Å². The second-order valence-electron chi connectivity index (χ2n) is 5.51. The van der Waals surface area contributed by atoms with Crippen molar-refractivity contribution in [2.75, 3.05) is 18.0 Å². The number of benzene rings is 1. The summed E-state index contributed by atoms with van der Waals surface area (Å²) in [6, 6.07) is 14.3. The Kier molecular flexibility index (Phi) is 4.93. The largest absolute Gasteiger partial charge is 0.460 e. The number of anilines is 1. The SMILES string of the molecule is CCN(CC)c1ncccc1CNCc1cc2ccccc2o1. The minimum Gasteiger partial charge on any atom is -0.460 e. The normalized spacial score (nSPS) is 11.0. The molecule has 0 bridgehead atoms. The van der Waals surface area contributed by atoms with E-state index in [1.807, 2.05) is 30.5 Å². The fraction of sp³-hybridized carbons (Fsp3) is 0.316. The first kappa shape index (κ1) is 15.6. The minimum atomic E-state index is 0.710. The highest BCUT2D eigenvalue weighted by molar-refractivity contribution is 5.77. The van der Waals surface area contributed by atoms with Gasteiger partial charge in [0, 0.05) is 36.8 Å². The molecule has 3 aromatic rings. The van der Waals surface area contributed by atoms with Gasteiger partial charge in [-0.3, -0.25) is 0 Å². The van der Waals surface area contributed by atoms with Crippen molar-refractivity contribution < 1.29 is 4.42 Å². The van der Waals surface area contributed by atoms with Gasteiger partial charge in [0.15, 0.2) is 0 Å². The van der Waals surface area contributed by atoms with Gasteiger partial charge in [-0.1, -0.05) is 24.3 Å². The Morgan fingerprint density at radius 1 is 1.04 bits per heavy atom. The third-order valence-corrected chi connectivity index (χ3v) is 4.02. The lowest BCUT2D eigenvalue weighted by Crippen LogP contribution is -2.25. The predicted molar refractivity (Wildman–Crippen MR) is 94.6 cm³/mol. The molecule has 0 saturated heterocycles. The van der Waals surface area contributed by atoms with Crippen LogP contribution in [-0.2, 0) is 13.1 Å². The maximum atomic E-state index is 5.84. The van der Waals surface area contributed by atoms with Crippen LogP contribution in [0.5, 0.6) is 0 Å². The molecule has 0 amide bonds. The number of aromatic nitrogens is 1. The second-order valence-corrected chi connectivity index (χ2v) is 5.51. The highest BCUT2D eigenvalue weighted by Crippen LogP contribution is 2.19. The Balaban J connectivity index is 1.66. The van der Waals surface area contributed by atoms with Crippen molar-refractivity contribution in [1.29, 1.82) is 0 Å². The third kappa shape index (κ3) is 3.54. The molecule has 1 aromatic carbocycles. The molecule has 2 heterocycles. The first-order valence-electron chi connectivity index (χ1n) is 8.18. The van der Waals surface area contributed by atoms with Crippen LogP contribution in [0.3, 0.4) is 0 Å². The average molecular weight is 309 g/mol. The van der Waals surface area contributed by atoms with Gasteiger partial charge in [-0.25, -0.2) is 4.98 Å². The highest BCUT2D eigenvalue weighted by Gasteiger charge is 2.09. The molecule has 0 spiro atoms. The fourth-order valence-corrected chi connectivity index (χ4v) is 2.82. The van der Waals surface area contributed by atoms with E-state index in [2.05, 4.69) is 47.2 Å². The first-order chi connectivity index (χ1) is 11.3. The van der Waals surface area contributed by atoms with Gasteiger partial charge >= 0.3 is 0 Å². The van der Waals surface area contributed by atoms with Crippen LogP contribution in [0.2, 0.25) is 0 Å². The third-order valence-electron chi connectivity index (χ3n) is 4.02. The topological polar surface area (TPSA) is 41.3 Å².